The third-order valence-corrected chi connectivity index (χ3v) is 3.77. The zero-order chi connectivity index (χ0) is 14.4. The number of hydrogen-bond donors (Lipinski definition) is 1. The minimum absolute atomic E-state index is 0.0985. The Hall–Kier alpha value is -1.52. The van der Waals surface area contributed by atoms with Crippen LogP contribution in [0.5, 0.6) is 11.5 Å². The van der Waals surface area contributed by atoms with E-state index in [1.54, 1.807) is 18.4 Å². The monoisotopic (exact) mass is 291 g/mol. The second kappa shape index (κ2) is 7.31. The van der Waals surface area contributed by atoms with Crippen molar-refractivity contribution in [3.05, 3.63) is 46.2 Å². The largest absolute Gasteiger partial charge is 0.493 e. The molecule has 0 amide bonds. The minimum atomic E-state index is 0.0985. The molecule has 3 nitrogen and oxygen atoms in total. The van der Waals surface area contributed by atoms with E-state index in [0.29, 0.717) is 6.61 Å². The quantitative estimate of drug-likeness (QED) is 0.851. The van der Waals surface area contributed by atoms with Crippen molar-refractivity contribution >= 4 is 11.3 Å². The molecule has 0 aliphatic carbocycles. The number of nitrogens with two attached hydrogens (primary N) is 1. The van der Waals surface area contributed by atoms with E-state index in [4.69, 9.17) is 15.2 Å². The predicted molar refractivity (Wildman–Crippen MR) is 83.9 cm³/mol. The van der Waals surface area contributed by atoms with Gasteiger partial charge in [-0.1, -0.05) is 12.1 Å². The zero-order valence-electron chi connectivity index (χ0n) is 12.0. The molecular weight excluding hydrogens is 270 g/mol. The van der Waals surface area contributed by atoms with Crippen molar-refractivity contribution in [3.8, 4) is 11.5 Å². The van der Waals surface area contributed by atoms with Crippen LogP contribution in [0, 0.1) is 0 Å². The van der Waals surface area contributed by atoms with Crippen LogP contribution >= 0.6 is 11.3 Å². The number of hydrogen-bond acceptors (Lipinski definition) is 4. The normalized spacial score (nSPS) is 12.2. The smallest absolute Gasteiger partial charge is 0.164 e. The van der Waals surface area contributed by atoms with Gasteiger partial charge in [0.2, 0.25) is 0 Å². The van der Waals surface area contributed by atoms with Crippen molar-refractivity contribution in [2.75, 3.05) is 13.7 Å². The molecule has 0 fully saturated rings. The molecule has 1 aromatic heterocycles. The van der Waals surface area contributed by atoms with Crippen LogP contribution < -0.4 is 15.2 Å². The molecule has 2 rings (SSSR count). The number of thiophene rings is 1. The molecule has 0 spiro atoms. The van der Waals surface area contributed by atoms with E-state index in [-0.39, 0.29) is 6.04 Å². The number of ether oxygens (including phenoxy) is 2. The molecule has 20 heavy (non-hydrogen) atoms. The molecule has 2 aromatic rings. The molecule has 0 saturated carbocycles. The fourth-order valence-electron chi connectivity index (χ4n) is 2.10. The van der Waals surface area contributed by atoms with Gasteiger partial charge in [0.25, 0.3) is 0 Å². The molecule has 4 heteroatoms. The summed E-state index contributed by atoms with van der Waals surface area (Å²) in [7, 11) is 1.66. The first-order valence-corrected chi connectivity index (χ1v) is 7.70. The number of methoxy groups -OCH3 is 1. The topological polar surface area (TPSA) is 44.5 Å². The van der Waals surface area contributed by atoms with Crippen LogP contribution in [-0.4, -0.2) is 19.8 Å². The van der Waals surface area contributed by atoms with Crippen LogP contribution in [0.4, 0.5) is 0 Å². The van der Waals surface area contributed by atoms with Crippen LogP contribution in [0.25, 0.3) is 0 Å². The summed E-state index contributed by atoms with van der Waals surface area (Å²) in [6.07, 6.45) is 1.68. The summed E-state index contributed by atoms with van der Waals surface area (Å²) < 4.78 is 11.3. The zero-order valence-corrected chi connectivity index (χ0v) is 12.8. The van der Waals surface area contributed by atoms with E-state index in [0.717, 1.165) is 29.9 Å². The Morgan fingerprint density at radius 1 is 1.30 bits per heavy atom. The molecule has 0 radical (unpaired) electrons. The van der Waals surface area contributed by atoms with E-state index >= 15 is 0 Å². The second-order valence-electron chi connectivity index (χ2n) is 4.86. The van der Waals surface area contributed by atoms with E-state index in [9.17, 15) is 0 Å². The third kappa shape index (κ3) is 3.99. The van der Waals surface area contributed by atoms with Gasteiger partial charge in [0.05, 0.1) is 13.7 Å². The molecule has 0 bridgehead atoms. The summed E-state index contributed by atoms with van der Waals surface area (Å²) in [4.78, 5) is 0. The third-order valence-electron chi connectivity index (χ3n) is 3.04. The first kappa shape index (κ1) is 14.9. The van der Waals surface area contributed by atoms with Crippen molar-refractivity contribution in [1.82, 2.24) is 0 Å². The van der Waals surface area contributed by atoms with Gasteiger partial charge in [-0.15, -0.1) is 0 Å². The summed E-state index contributed by atoms with van der Waals surface area (Å²) in [6.45, 7) is 2.64. The van der Waals surface area contributed by atoms with Gasteiger partial charge >= 0.3 is 0 Å². The summed E-state index contributed by atoms with van der Waals surface area (Å²) in [6, 6.07) is 8.17. The van der Waals surface area contributed by atoms with Crippen LogP contribution in [0.3, 0.4) is 0 Å². The van der Waals surface area contributed by atoms with Crippen molar-refractivity contribution < 1.29 is 9.47 Å². The molecular formula is C16H21NO2S. The summed E-state index contributed by atoms with van der Waals surface area (Å²) >= 11 is 1.71. The molecule has 2 N–H and O–H groups in total. The summed E-state index contributed by atoms with van der Waals surface area (Å²) in [5, 5.41) is 4.23. The predicted octanol–water partition coefficient (Wildman–Crippen LogP) is 3.27. The first-order valence-electron chi connectivity index (χ1n) is 6.76. The summed E-state index contributed by atoms with van der Waals surface area (Å²) in [5.41, 5.74) is 8.30. The Morgan fingerprint density at radius 3 is 2.80 bits per heavy atom. The van der Waals surface area contributed by atoms with Crippen LogP contribution in [0.2, 0.25) is 0 Å². The Labute approximate surface area is 124 Å². The summed E-state index contributed by atoms with van der Waals surface area (Å²) in [5.74, 6) is 1.59. The minimum Gasteiger partial charge on any atom is -0.493 e. The van der Waals surface area contributed by atoms with Gasteiger partial charge in [-0.2, -0.15) is 11.3 Å². The Balaban J connectivity index is 2.07. The van der Waals surface area contributed by atoms with Crippen molar-refractivity contribution in [2.45, 2.75) is 25.8 Å². The van der Waals surface area contributed by atoms with E-state index in [1.165, 1.54) is 5.56 Å². The average Bonchev–Trinajstić information content (AvgIpc) is 2.92. The molecule has 0 aliphatic rings. The van der Waals surface area contributed by atoms with E-state index in [1.807, 2.05) is 25.1 Å². The van der Waals surface area contributed by atoms with Gasteiger partial charge in [-0.25, -0.2) is 0 Å². The maximum atomic E-state index is 5.96. The lowest BCUT2D eigenvalue weighted by atomic mass is 10.1. The number of para-hydroxylation sites is 1. The highest BCUT2D eigenvalue weighted by Gasteiger charge is 2.12. The number of benzene rings is 1. The fourth-order valence-corrected chi connectivity index (χ4v) is 2.80. The SMILES string of the molecule is COc1cccc(CC(C)N)c1OCCc1ccsc1. The fraction of sp³-hybridized carbons (Fsp3) is 0.375. The van der Waals surface area contributed by atoms with Gasteiger partial charge in [-0.3, -0.25) is 0 Å². The van der Waals surface area contributed by atoms with E-state index < -0.39 is 0 Å². The van der Waals surface area contributed by atoms with Gasteiger partial charge in [0, 0.05) is 12.5 Å². The highest BCUT2D eigenvalue weighted by atomic mass is 32.1. The molecule has 1 aromatic carbocycles. The van der Waals surface area contributed by atoms with Crippen molar-refractivity contribution in [1.29, 1.82) is 0 Å². The van der Waals surface area contributed by atoms with Gasteiger partial charge in [-0.05, 0) is 47.4 Å². The van der Waals surface area contributed by atoms with E-state index in [2.05, 4.69) is 16.8 Å². The highest BCUT2D eigenvalue weighted by Crippen LogP contribution is 2.32. The maximum absolute atomic E-state index is 5.96. The first-order chi connectivity index (χ1) is 9.70. The highest BCUT2D eigenvalue weighted by molar-refractivity contribution is 7.07. The van der Waals surface area contributed by atoms with Crippen LogP contribution in [0.1, 0.15) is 18.1 Å². The maximum Gasteiger partial charge on any atom is 0.164 e. The lowest BCUT2D eigenvalue weighted by Gasteiger charge is -2.16. The van der Waals surface area contributed by atoms with Gasteiger partial charge < -0.3 is 15.2 Å². The molecule has 1 unspecified atom stereocenters. The Morgan fingerprint density at radius 2 is 2.15 bits per heavy atom. The molecule has 0 saturated heterocycles. The second-order valence-corrected chi connectivity index (χ2v) is 5.64. The lowest BCUT2D eigenvalue weighted by Crippen LogP contribution is -2.18. The van der Waals surface area contributed by atoms with Crippen LogP contribution in [0.15, 0.2) is 35.0 Å². The number of rotatable bonds is 7. The Bertz CT molecular complexity index is 523. The molecule has 0 aliphatic heterocycles. The van der Waals surface area contributed by atoms with Gasteiger partial charge in [0.1, 0.15) is 0 Å². The van der Waals surface area contributed by atoms with Crippen molar-refractivity contribution in [2.24, 2.45) is 5.73 Å². The van der Waals surface area contributed by atoms with Crippen LogP contribution in [-0.2, 0) is 12.8 Å². The average molecular weight is 291 g/mol. The Kier molecular flexibility index (Phi) is 5.44. The standard InChI is InChI=1S/C16H21NO2S/c1-12(17)10-14-4-3-5-15(18-2)16(14)19-8-6-13-7-9-20-11-13/h3-5,7,9,11-12H,6,8,10,17H2,1-2H3. The molecule has 1 atom stereocenters. The molecule has 108 valence electrons. The molecule has 1 heterocycles. The van der Waals surface area contributed by atoms with Gasteiger partial charge in [0.15, 0.2) is 11.5 Å². The van der Waals surface area contributed by atoms with Crippen molar-refractivity contribution in [3.63, 3.8) is 0 Å². The lowest BCUT2D eigenvalue weighted by molar-refractivity contribution is 0.294.